The van der Waals surface area contributed by atoms with E-state index in [1.165, 1.54) is 0 Å². The molecule has 160 valence electrons. The van der Waals surface area contributed by atoms with Crippen LogP contribution in [0.25, 0.3) is 0 Å². The van der Waals surface area contributed by atoms with Crippen molar-refractivity contribution in [3.63, 3.8) is 0 Å². The van der Waals surface area contributed by atoms with Gasteiger partial charge in [-0.3, -0.25) is 9.59 Å². The molecule has 1 aliphatic rings. The topological polar surface area (TPSA) is 96.4 Å². The van der Waals surface area contributed by atoms with E-state index in [4.69, 9.17) is 22.1 Å². The van der Waals surface area contributed by atoms with Crippen LogP contribution in [0.2, 0.25) is 5.02 Å². The van der Waals surface area contributed by atoms with Gasteiger partial charge in [-0.05, 0) is 55.0 Å². The molecule has 3 aromatic carbocycles. The van der Waals surface area contributed by atoms with Crippen molar-refractivity contribution in [3.05, 3.63) is 87.9 Å². The Morgan fingerprint density at radius 2 is 1.97 bits per heavy atom. The lowest BCUT2D eigenvalue weighted by molar-refractivity contribution is -0.117. The number of hydrogen-bond acceptors (Lipinski definition) is 4. The van der Waals surface area contributed by atoms with Gasteiger partial charge in [0.25, 0.3) is 0 Å². The molecule has 6 nitrogen and oxygen atoms in total. The first-order valence-corrected chi connectivity index (χ1v) is 10.4. The summed E-state index contributed by atoms with van der Waals surface area (Å²) in [6, 6.07) is 19.5. The molecule has 1 heterocycles. The number of nitrogens with two attached hydrogens (primary N) is 1. The van der Waals surface area contributed by atoms with Gasteiger partial charge < -0.3 is 15.4 Å². The Morgan fingerprint density at radius 1 is 1.16 bits per heavy atom. The molecule has 0 bridgehead atoms. The zero-order chi connectivity index (χ0) is 22.8. The SMILES string of the molecule is Cc1ccc(C#N)c(Oc2cc(Cl)ccc2[C@H]2CC(=O)N(c3cccc(C(N)=O)c3)C2)c1. The summed E-state index contributed by atoms with van der Waals surface area (Å²) in [4.78, 5) is 26.0. The summed E-state index contributed by atoms with van der Waals surface area (Å²) in [7, 11) is 0. The Balaban J connectivity index is 1.66. The van der Waals surface area contributed by atoms with Crippen LogP contribution in [-0.2, 0) is 4.79 Å². The average Bonchev–Trinajstić information content (AvgIpc) is 3.15. The third kappa shape index (κ3) is 4.29. The highest BCUT2D eigenvalue weighted by molar-refractivity contribution is 6.30. The highest BCUT2D eigenvalue weighted by atomic mass is 35.5. The van der Waals surface area contributed by atoms with Crippen molar-refractivity contribution < 1.29 is 14.3 Å². The standard InChI is InChI=1S/C25H20ClN3O3/c1-15-5-6-17(13-27)22(9-15)32-23-12-19(26)7-8-21(23)18-11-24(30)29(14-18)20-4-2-3-16(10-20)25(28)31/h2-10,12,18H,11,14H2,1H3,(H2,28,31)/t18-/m0/s1. The van der Waals surface area contributed by atoms with E-state index < -0.39 is 5.91 Å². The number of aryl methyl sites for hydroxylation is 1. The van der Waals surface area contributed by atoms with Crippen LogP contribution in [0, 0.1) is 18.3 Å². The lowest BCUT2D eigenvalue weighted by Gasteiger charge is -2.19. The number of ether oxygens (including phenoxy) is 1. The second kappa shape index (κ2) is 8.74. The molecule has 0 aromatic heterocycles. The predicted molar refractivity (Wildman–Crippen MR) is 122 cm³/mol. The van der Waals surface area contributed by atoms with Crippen molar-refractivity contribution in [2.75, 3.05) is 11.4 Å². The minimum absolute atomic E-state index is 0.0641. The second-order valence-corrected chi connectivity index (χ2v) is 8.15. The third-order valence-electron chi connectivity index (χ3n) is 5.46. The molecule has 2 amide bonds. The summed E-state index contributed by atoms with van der Waals surface area (Å²) < 4.78 is 6.13. The van der Waals surface area contributed by atoms with Crippen molar-refractivity contribution in [2.24, 2.45) is 5.73 Å². The Kier molecular flexibility index (Phi) is 5.85. The van der Waals surface area contributed by atoms with Gasteiger partial charge in [0.1, 0.15) is 17.6 Å². The minimum atomic E-state index is -0.546. The van der Waals surface area contributed by atoms with Gasteiger partial charge in [-0.1, -0.05) is 29.8 Å². The number of benzene rings is 3. The van der Waals surface area contributed by atoms with Gasteiger partial charge in [-0.2, -0.15) is 5.26 Å². The number of carbonyl (C=O) groups is 2. The average molecular weight is 446 g/mol. The molecule has 1 aliphatic heterocycles. The highest BCUT2D eigenvalue weighted by Crippen LogP contribution is 2.40. The molecule has 1 fully saturated rings. The number of nitrogens with zero attached hydrogens (tertiary/aromatic N) is 2. The number of rotatable bonds is 5. The van der Waals surface area contributed by atoms with Crippen molar-refractivity contribution in [1.29, 1.82) is 5.26 Å². The van der Waals surface area contributed by atoms with Gasteiger partial charge >= 0.3 is 0 Å². The number of amides is 2. The largest absolute Gasteiger partial charge is 0.456 e. The molecule has 4 rings (SSSR count). The summed E-state index contributed by atoms with van der Waals surface area (Å²) in [5.74, 6) is 0.180. The maximum Gasteiger partial charge on any atom is 0.248 e. The van der Waals surface area contributed by atoms with E-state index in [0.717, 1.165) is 11.1 Å². The van der Waals surface area contributed by atoms with E-state index in [2.05, 4.69) is 6.07 Å². The number of halogens is 1. The number of carbonyl (C=O) groups excluding carboxylic acids is 2. The monoisotopic (exact) mass is 445 g/mol. The molecule has 3 aromatic rings. The molecule has 32 heavy (non-hydrogen) atoms. The van der Waals surface area contributed by atoms with Gasteiger partial charge in [-0.25, -0.2) is 0 Å². The first-order valence-electron chi connectivity index (χ1n) is 10.0. The summed E-state index contributed by atoms with van der Waals surface area (Å²) in [5.41, 5.74) is 8.54. The van der Waals surface area contributed by atoms with E-state index in [-0.39, 0.29) is 18.2 Å². The van der Waals surface area contributed by atoms with E-state index in [1.807, 2.05) is 19.1 Å². The summed E-state index contributed by atoms with van der Waals surface area (Å²) >= 11 is 6.23. The first kappa shape index (κ1) is 21.4. The molecule has 1 atom stereocenters. The van der Waals surface area contributed by atoms with Crippen LogP contribution < -0.4 is 15.4 Å². The van der Waals surface area contributed by atoms with Crippen LogP contribution in [0.1, 0.15) is 39.4 Å². The molecule has 1 saturated heterocycles. The highest BCUT2D eigenvalue weighted by Gasteiger charge is 2.33. The Labute approximate surface area is 190 Å². The van der Waals surface area contributed by atoms with Gasteiger partial charge in [-0.15, -0.1) is 0 Å². The molecular weight excluding hydrogens is 426 g/mol. The zero-order valence-electron chi connectivity index (χ0n) is 17.3. The molecule has 0 unspecified atom stereocenters. The minimum Gasteiger partial charge on any atom is -0.456 e. The fourth-order valence-corrected chi connectivity index (χ4v) is 4.01. The fraction of sp³-hybridized carbons (Fsp3) is 0.160. The maximum absolute atomic E-state index is 12.8. The predicted octanol–water partition coefficient (Wildman–Crippen LogP) is 4.93. The Morgan fingerprint density at radius 3 is 2.72 bits per heavy atom. The van der Waals surface area contributed by atoms with Crippen LogP contribution in [0.3, 0.4) is 0 Å². The van der Waals surface area contributed by atoms with E-state index >= 15 is 0 Å². The summed E-state index contributed by atoms with van der Waals surface area (Å²) in [5, 5.41) is 9.93. The lowest BCUT2D eigenvalue weighted by atomic mass is 9.97. The summed E-state index contributed by atoms with van der Waals surface area (Å²) in [6.45, 7) is 2.33. The third-order valence-corrected chi connectivity index (χ3v) is 5.70. The Bertz CT molecular complexity index is 1270. The molecule has 0 radical (unpaired) electrons. The van der Waals surface area contributed by atoms with Crippen LogP contribution in [0.15, 0.2) is 60.7 Å². The van der Waals surface area contributed by atoms with Crippen LogP contribution in [-0.4, -0.2) is 18.4 Å². The molecule has 0 spiro atoms. The van der Waals surface area contributed by atoms with Gasteiger partial charge in [0.2, 0.25) is 11.8 Å². The second-order valence-electron chi connectivity index (χ2n) is 7.72. The van der Waals surface area contributed by atoms with Crippen LogP contribution in [0.4, 0.5) is 5.69 Å². The lowest BCUT2D eigenvalue weighted by Crippen LogP contribution is -2.24. The number of nitriles is 1. The van der Waals surface area contributed by atoms with Crippen LogP contribution >= 0.6 is 11.6 Å². The summed E-state index contributed by atoms with van der Waals surface area (Å²) in [6.07, 6.45) is 0.276. The fourth-order valence-electron chi connectivity index (χ4n) is 3.85. The number of primary amides is 1. The molecular formula is C25H20ClN3O3. The van der Waals surface area contributed by atoms with E-state index in [1.54, 1.807) is 53.4 Å². The van der Waals surface area contributed by atoms with Gasteiger partial charge in [0.15, 0.2) is 0 Å². The van der Waals surface area contributed by atoms with E-state index in [0.29, 0.717) is 39.9 Å². The number of hydrogen-bond donors (Lipinski definition) is 1. The van der Waals surface area contributed by atoms with Crippen molar-refractivity contribution in [2.45, 2.75) is 19.3 Å². The van der Waals surface area contributed by atoms with Crippen molar-refractivity contribution in [3.8, 4) is 17.6 Å². The normalized spacial score (nSPS) is 15.5. The zero-order valence-corrected chi connectivity index (χ0v) is 18.1. The first-order chi connectivity index (χ1) is 15.4. The van der Waals surface area contributed by atoms with Crippen LogP contribution in [0.5, 0.6) is 11.5 Å². The van der Waals surface area contributed by atoms with Crippen molar-refractivity contribution in [1.82, 2.24) is 0 Å². The molecule has 7 heteroatoms. The molecule has 0 saturated carbocycles. The van der Waals surface area contributed by atoms with E-state index in [9.17, 15) is 14.9 Å². The van der Waals surface area contributed by atoms with Gasteiger partial charge in [0, 0.05) is 40.7 Å². The quantitative estimate of drug-likeness (QED) is 0.602. The maximum atomic E-state index is 12.8. The van der Waals surface area contributed by atoms with Crippen molar-refractivity contribution >= 4 is 29.1 Å². The van der Waals surface area contributed by atoms with Gasteiger partial charge in [0.05, 0.1) is 5.56 Å². The Hall–Kier alpha value is -3.82. The number of anilines is 1. The molecule has 2 N–H and O–H groups in total. The molecule has 0 aliphatic carbocycles. The smallest absolute Gasteiger partial charge is 0.248 e.